The normalized spacial score (nSPS) is 10.7. The topological polar surface area (TPSA) is 83.6 Å². The van der Waals surface area contributed by atoms with E-state index in [1.807, 2.05) is 41.1 Å². The average Bonchev–Trinajstić information content (AvgIpc) is 3.37. The quantitative estimate of drug-likeness (QED) is 0.561. The molecule has 0 bridgehead atoms. The summed E-state index contributed by atoms with van der Waals surface area (Å²) in [5, 5.41) is 14.6. The van der Waals surface area contributed by atoms with Crippen molar-refractivity contribution in [2.75, 3.05) is 5.32 Å². The molecule has 0 aliphatic rings. The van der Waals surface area contributed by atoms with Crippen molar-refractivity contribution >= 4 is 34.4 Å². The van der Waals surface area contributed by atoms with Crippen LogP contribution in [-0.4, -0.2) is 26.1 Å². The number of anilines is 1. The number of thiophene rings is 1. The molecule has 0 unspecified atom stereocenters. The molecule has 0 aromatic carbocycles. The monoisotopic (exact) mass is 367 g/mol. The summed E-state index contributed by atoms with van der Waals surface area (Å²) < 4.78 is 0. The number of amides is 1. The van der Waals surface area contributed by atoms with Crippen LogP contribution in [0.4, 0.5) is 5.82 Å². The van der Waals surface area contributed by atoms with Gasteiger partial charge in [-0.3, -0.25) is 14.9 Å². The van der Waals surface area contributed by atoms with Gasteiger partial charge >= 0.3 is 0 Å². The van der Waals surface area contributed by atoms with E-state index >= 15 is 0 Å². The van der Waals surface area contributed by atoms with E-state index in [9.17, 15) is 4.79 Å². The molecule has 0 fully saturated rings. The molecule has 0 saturated heterocycles. The fraction of sp³-hybridized carbons (Fsp3) is 0.0588. The number of carbonyl (C=O) groups excluding carboxylic acids is 1. The highest BCUT2D eigenvalue weighted by atomic mass is 32.1. The number of hydrogen-bond donors (Lipinski definition) is 2. The number of aromatic nitrogens is 4. The van der Waals surface area contributed by atoms with E-state index in [0.29, 0.717) is 5.82 Å². The third kappa shape index (κ3) is 3.65. The summed E-state index contributed by atoms with van der Waals surface area (Å²) in [4.78, 5) is 21.9. The van der Waals surface area contributed by atoms with Crippen molar-refractivity contribution in [3.8, 4) is 21.1 Å². The molecule has 0 saturated carbocycles. The van der Waals surface area contributed by atoms with Crippen LogP contribution in [0.3, 0.4) is 0 Å². The van der Waals surface area contributed by atoms with Crippen molar-refractivity contribution < 1.29 is 4.79 Å². The van der Waals surface area contributed by atoms with Crippen molar-refractivity contribution in [3.63, 3.8) is 0 Å². The van der Waals surface area contributed by atoms with E-state index < -0.39 is 0 Å². The Morgan fingerprint density at radius 2 is 2.20 bits per heavy atom. The Bertz CT molecular complexity index is 976. The van der Waals surface area contributed by atoms with Crippen molar-refractivity contribution in [2.45, 2.75) is 6.42 Å². The summed E-state index contributed by atoms with van der Waals surface area (Å²) in [6, 6.07) is 9.61. The second-order valence-corrected chi connectivity index (χ2v) is 7.06. The van der Waals surface area contributed by atoms with Crippen LogP contribution in [0.1, 0.15) is 5.69 Å². The Hall–Kier alpha value is -2.84. The lowest BCUT2D eigenvalue weighted by molar-refractivity contribution is -0.115. The minimum atomic E-state index is -0.146. The van der Waals surface area contributed by atoms with Crippen LogP contribution in [-0.2, 0) is 11.2 Å². The molecular weight excluding hydrogens is 354 g/mol. The van der Waals surface area contributed by atoms with E-state index in [0.717, 1.165) is 26.8 Å². The second-order valence-electron chi connectivity index (χ2n) is 5.25. The van der Waals surface area contributed by atoms with E-state index in [4.69, 9.17) is 0 Å². The maximum absolute atomic E-state index is 12.2. The molecule has 0 spiro atoms. The summed E-state index contributed by atoms with van der Waals surface area (Å²) in [7, 11) is 0. The van der Waals surface area contributed by atoms with Crippen LogP contribution in [0.5, 0.6) is 0 Å². The minimum Gasteiger partial charge on any atom is -0.309 e. The molecule has 0 aliphatic carbocycles. The van der Waals surface area contributed by atoms with Gasteiger partial charge in [0, 0.05) is 29.4 Å². The number of rotatable bonds is 5. The fourth-order valence-electron chi connectivity index (χ4n) is 2.31. The third-order valence-corrected chi connectivity index (χ3v) is 5.28. The van der Waals surface area contributed by atoms with Gasteiger partial charge < -0.3 is 5.32 Å². The van der Waals surface area contributed by atoms with Gasteiger partial charge in [-0.25, -0.2) is 4.98 Å². The maximum Gasteiger partial charge on any atom is 0.231 e. The number of H-pyrrole nitrogens is 1. The fourth-order valence-corrected chi connectivity index (χ4v) is 3.81. The summed E-state index contributed by atoms with van der Waals surface area (Å²) in [5.74, 6) is 0.364. The summed E-state index contributed by atoms with van der Waals surface area (Å²) in [6.45, 7) is 0. The lowest BCUT2D eigenvalue weighted by Gasteiger charge is -1.99. The zero-order chi connectivity index (χ0) is 17.1. The Balaban J connectivity index is 1.40. The number of carbonyl (C=O) groups is 1. The van der Waals surface area contributed by atoms with Crippen molar-refractivity contribution in [1.29, 1.82) is 0 Å². The van der Waals surface area contributed by atoms with Gasteiger partial charge in [0.1, 0.15) is 5.01 Å². The molecule has 124 valence electrons. The summed E-state index contributed by atoms with van der Waals surface area (Å²) in [6.07, 6.45) is 3.69. The van der Waals surface area contributed by atoms with E-state index in [1.165, 1.54) is 11.3 Å². The van der Waals surface area contributed by atoms with Crippen molar-refractivity contribution in [1.82, 2.24) is 20.2 Å². The van der Waals surface area contributed by atoms with Crippen LogP contribution >= 0.6 is 22.7 Å². The number of thiazole rings is 1. The predicted octanol–water partition coefficient (Wildman–Crippen LogP) is 3.84. The van der Waals surface area contributed by atoms with Gasteiger partial charge in [0.05, 0.1) is 22.7 Å². The van der Waals surface area contributed by atoms with Gasteiger partial charge in [0.15, 0.2) is 5.82 Å². The van der Waals surface area contributed by atoms with Crippen LogP contribution in [0, 0.1) is 0 Å². The molecule has 0 aliphatic heterocycles. The van der Waals surface area contributed by atoms with E-state index in [2.05, 4.69) is 25.5 Å². The van der Waals surface area contributed by atoms with Crippen LogP contribution in [0.15, 0.2) is 53.5 Å². The molecule has 1 amide bonds. The van der Waals surface area contributed by atoms with Gasteiger partial charge in [0.25, 0.3) is 0 Å². The molecule has 6 nitrogen and oxygen atoms in total. The first-order chi connectivity index (χ1) is 12.3. The molecule has 4 aromatic heterocycles. The van der Waals surface area contributed by atoms with E-state index in [1.54, 1.807) is 23.7 Å². The Morgan fingerprint density at radius 3 is 3.00 bits per heavy atom. The van der Waals surface area contributed by atoms with Gasteiger partial charge in [-0.1, -0.05) is 6.07 Å². The highest BCUT2D eigenvalue weighted by Gasteiger charge is 2.11. The molecule has 4 heterocycles. The minimum absolute atomic E-state index is 0.146. The zero-order valence-electron chi connectivity index (χ0n) is 13.0. The average molecular weight is 367 g/mol. The molecule has 0 radical (unpaired) electrons. The first kappa shape index (κ1) is 15.7. The number of nitrogens with one attached hydrogen (secondary N) is 2. The lowest BCUT2D eigenvalue weighted by Crippen LogP contribution is -2.14. The standard InChI is InChI=1S/C17H13N5OS2/c23-16(20-15-8-13(21-22-15)14-4-2-6-24-14)7-12-10-25-17(19-12)11-3-1-5-18-9-11/h1-6,8-10H,7H2,(H2,20,21,22,23). The number of nitrogens with zero attached hydrogens (tertiary/aromatic N) is 3. The van der Waals surface area contributed by atoms with Crippen molar-refractivity contribution in [2.24, 2.45) is 0 Å². The number of pyridine rings is 1. The highest BCUT2D eigenvalue weighted by Crippen LogP contribution is 2.25. The first-order valence-electron chi connectivity index (χ1n) is 7.52. The molecule has 2 N–H and O–H groups in total. The molecule has 0 atom stereocenters. The molecule has 4 rings (SSSR count). The predicted molar refractivity (Wildman–Crippen MR) is 99.6 cm³/mol. The SMILES string of the molecule is O=C(Cc1csc(-c2cccnc2)n1)Nc1cc(-c2cccs2)[nH]n1. The van der Waals surface area contributed by atoms with Gasteiger partial charge in [-0.15, -0.1) is 22.7 Å². The Morgan fingerprint density at radius 1 is 1.24 bits per heavy atom. The van der Waals surface area contributed by atoms with E-state index in [-0.39, 0.29) is 12.3 Å². The van der Waals surface area contributed by atoms with Crippen LogP contribution in [0.2, 0.25) is 0 Å². The Labute approximate surface area is 151 Å². The second kappa shape index (κ2) is 6.96. The van der Waals surface area contributed by atoms with Crippen LogP contribution in [0.25, 0.3) is 21.1 Å². The van der Waals surface area contributed by atoms with Gasteiger partial charge in [0.2, 0.25) is 5.91 Å². The smallest absolute Gasteiger partial charge is 0.231 e. The van der Waals surface area contributed by atoms with Crippen molar-refractivity contribution in [3.05, 3.63) is 59.2 Å². The summed E-state index contributed by atoms with van der Waals surface area (Å²) >= 11 is 3.12. The lowest BCUT2D eigenvalue weighted by atomic mass is 10.3. The first-order valence-corrected chi connectivity index (χ1v) is 9.28. The van der Waals surface area contributed by atoms with Gasteiger partial charge in [-0.05, 0) is 23.6 Å². The number of aromatic amines is 1. The molecule has 8 heteroatoms. The molecular formula is C17H13N5OS2. The summed E-state index contributed by atoms with van der Waals surface area (Å²) in [5.41, 5.74) is 2.57. The van der Waals surface area contributed by atoms with Crippen LogP contribution < -0.4 is 5.32 Å². The largest absolute Gasteiger partial charge is 0.309 e. The maximum atomic E-state index is 12.2. The third-order valence-electron chi connectivity index (χ3n) is 3.43. The molecule has 4 aromatic rings. The zero-order valence-corrected chi connectivity index (χ0v) is 14.6. The molecule has 25 heavy (non-hydrogen) atoms. The Kier molecular flexibility index (Phi) is 4.36. The number of hydrogen-bond acceptors (Lipinski definition) is 6. The highest BCUT2D eigenvalue weighted by molar-refractivity contribution is 7.13. The van der Waals surface area contributed by atoms with Gasteiger partial charge in [-0.2, -0.15) is 5.10 Å².